The summed E-state index contributed by atoms with van der Waals surface area (Å²) < 4.78 is 4.63. The summed E-state index contributed by atoms with van der Waals surface area (Å²) in [5.74, 6) is -0.179. The highest BCUT2D eigenvalue weighted by Crippen LogP contribution is 2.43. The molecule has 4 nitrogen and oxygen atoms in total. The van der Waals surface area contributed by atoms with Crippen molar-refractivity contribution >= 4 is 22.4 Å². The lowest BCUT2D eigenvalue weighted by molar-refractivity contribution is -0.140. The molecule has 0 aromatic carbocycles. The number of thiazole rings is 1. The SMILES string of the molecule is CCC1(CNc2nc(CCC(=O)OC)cs2)CCC1. The molecule has 1 fully saturated rings. The summed E-state index contributed by atoms with van der Waals surface area (Å²) in [6.07, 6.45) is 6.31. The Kier molecular flexibility index (Phi) is 4.80. The summed E-state index contributed by atoms with van der Waals surface area (Å²) in [7, 11) is 1.42. The number of rotatable bonds is 7. The van der Waals surface area contributed by atoms with Crippen LogP contribution in [0.5, 0.6) is 0 Å². The first-order chi connectivity index (χ1) is 9.17. The fourth-order valence-corrected chi connectivity index (χ4v) is 3.17. The van der Waals surface area contributed by atoms with Crippen molar-refractivity contribution in [1.29, 1.82) is 0 Å². The summed E-state index contributed by atoms with van der Waals surface area (Å²) in [4.78, 5) is 15.6. The molecule has 1 aliphatic carbocycles. The van der Waals surface area contributed by atoms with E-state index in [0.717, 1.165) is 17.4 Å². The van der Waals surface area contributed by atoms with Crippen LogP contribution in [0.4, 0.5) is 5.13 Å². The predicted octanol–water partition coefficient (Wildman–Crippen LogP) is 3.24. The molecule has 1 aromatic heterocycles. The Bertz CT molecular complexity index is 421. The molecule has 1 heterocycles. The first kappa shape index (κ1) is 14.3. The first-order valence-electron chi connectivity index (χ1n) is 6.92. The first-order valence-corrected chi connectivity index (χ1v) is 7.80. The van der Waals surface area contributed by atoms with Crippen LogP contribution in [0.15, 0.2) is 5.38 Å². The van der Waals surface area contributed by atoms with Crippen LogP contribution in [0.3, 0.4) is 0 Å². The van der Waals surface area contributed by atoms with E-state index >= 15 is 0 Å². The van der Waals surface area contributed by atoms with E-state index in [2.05, 4.69) is 22.0 Å². The second-order valence-electron chi connectivity index (χ2n) is 5.28. The number of hydrogen-bond donors (Lipinski definition) is 1. The summed E-state index contributed by atoms with van der Waals surface area (Å²) in [6, 6.07) is 0. The Morgan fingerprint density at radius 2 is 2.37 bits per heavy atom. The number of hydrogen-bond acceptors (Lipinski definition) is 5. The quantitative estimate of drug-likeness (QED) is 0.780. The Morgan fingerprint density at radius 3 is 2.95 bits per heavy atom. The average molecular weight is 282 g/mol. The highest BCUT2D eigenvalue weighted by atomic mass is 32.1. The lowest BCUT2D eigenvalue weighted by atomic mass is 9.67. The van der Waals surface area contributed by atoms with Crippen molar-refractivity contribution in [2.75, 3.05) is 19.0 Å². The van der Waals surface area contributed by atoms with Crippen LogP contribution in [0.25, 0.3) is 0 Å². The monoisotopic (exact) mass is 282 g/mol. The number of methoxy groups -OCH3 is 1. The number of esters is 1. The molecule has 1 saturated carbocycles. The molecule has 1 N–H and O–H groups in total. The second kappa shape index (κ2) is 6.37. The lowest BCUT2D eigenvalue weighted by Crippen LogP contribution is -2.35. The maximum absolute atomic E-state index is 11.1. The summed E-state index contributed by atoms with van der Waals surface area (Å²) in [5.41, 5.74) is 1.47. The van der Waals surface area contributed by atoms with Gasteiger partial charge in [0.1, 0.15) is 0 Å². The van der Waals surface area contributed by atoms with E-state index in [9.17, 15) is 4.79 Å². The number of aryl methyl sites for hydroxylation is 1. The van der Waals surface area contributed by atoms with E-state index in [1.54, 1.807) is 11.3 Å². The van der Waals surface area contributed by atoms with Crippen molar-refractivity contribution in [1.82, 2.24) is 4.98 Å². The molecule has 0 amide bonds. The molecule has 0 aliphatic heterocycles. The fraction of sp³-hybridized carbons (Fsp3) is 0.714. The van der Waals surface area contributed by atoms with Crippen molar-refractivity contribution in [3.63, 3.8) is 0 Å². The smallest absolute Gasteiger partial charge is 0.305 e. The molecule has 0 spiro atoms. The molecule has 106 valence electrons. The Labute approximate surface area is 118 Å². The Morgan fingerprint density at radius 1 is 1.58 bits per heavy atom. The number of nitrogens with zero attached hydrogens (tertiary/aromatic N) is 1. The van der Waals surface area contributed by atoms with Crippen molar-refractivity contribution in [2.24, 2.45) is 5.41 Å². The van der Waals surface area contributed by atoms with Crippen LogP contribution in [0.1, 0.15) is 44.7 Å². The average Bonchev–Trinajstić information content (AvgIpc) is 2.83. The zero-order valence-corrected chi connectivity index (χ0v) is 12.5. The van der Waals surface area contributed by atoms with Gasteiger partial charge < -0.3 is 10.1 Å². The molecular weight excluding hydrogens is 260 g/mol. The largest absolute Gasteiger partial charge is 0.469 e. The lowest BCUT2D eigenvalue weighted by Gasteiger charge is -2.41. The van der Waals surface area contributed by atoms with Crippen LogP contribution in [0.2, 0.25) is 0 Å². The fourth-order valence-electron chi connectivity index (χ4n) is 2.43. The topological polar surface area (TPSA) is 51.2 Å². The zero-order valence-electron chi connectivity index (χ0n) is 11.7. The minimum atomic E-state index is -0.179. The molecule has 5 heteroatoms. The van der Waals surface area contributed by atoms with Crippen molar-refractivity contribution in [3.05, 3.63) is 11.1 Å². The van der Waals surface area contributed by atoms with Crippen LogP contribution in [-0.4, -0.2) is 24.6 Å². The van der Waals surface area contributed by atoms with Gasteiger partial charge in [-0.05, 0) is 24.7 Å². The second-order valence-corrected chi connectivity index (χ2v) is 6.14. The van der Waals surface area contributed by atoms with Gasteiger partial charge in [0.15, 0.2) is 5.13 Å². The van der Waals surface area contributed by atoms with E-state index in [1.807, 2.05) is 5.38 Å². The van der Waals surface area contributed by atoms with Gasteiger partial charge in [-0.15, -0.1) is 11.3 Å². The van der Waals surface area contributed by atoms with Crippen LogP contribution in [-0.2, 0) is 16.0 Å². The van der Waals surface area contributed by atoms with Gasteiger partial charge >= 0.3 is 5.97 Å². The minimum absolute atomic E-state index is 0.179. The third-order valence-corrected chi connectivity index (χ3v) is 4.99. The van der Waals surface area contributed by atoms with E-state index in [4.69, 9.17) is 0 Å². The van der Waals surface area contributed by atoms with E-state index in [-0.39, 0.29) is 5.97 Å². The highest BCUT2D eigenvalue weighted by Gasteiger charge is 2.34. The summed E-state index contributed by atoms with van der Waals surface area (Å²) in [5, 5.41) is 6.44. The van der Waals surface area contributed by atoms with E-state index < -0.39 is 0 Å². The van der Waals surface area contributed by atoms with E-state index in [0.29, 0.717) is 18.3 Å². The number of aromatic nitrogens is 1. The molecule has 0 unspecified atom stereocenters. The van der Waals surface area contributed by atoms with Gasteiger partial charge in [-0.25, -0.2) is 4.98 Å². The Balaban J connectivity index is 1.79. The van der Waals surface area contributed by atoms with Gasteiger partial charge in [0.25, 0.3) is 0 Å². The number of anilines is 1. The minimum Gasteiger partial charge on any atom is -0.469 e. The van der Waals surface area contributed by atoms with Crippen LogP contribution in [0, 0.1) is 5.41 Å². The van der Waals surface area contributed by atoms with Gasteiger partial charge in [-0.1, -0.05) is 13.3 Å². The number of ether oxygens (including phenoxy) is 1. The third-order valence-electron chi connectivity index (χ3n) is 4.14. The molecule has 1 aromatic rings. The van der Waals surface area contributed by atoms with Gasteiger partial charge in [-0.2, -0.15) is 0 Å². The zero-order chi connectivity index (χ0) is 13.7. The standard InChI is InChI=1S/C14H22N2O2S/c1-3-14(7-4-8-14)10-15-13-16-11(9-19-13)5-6-12(17)18-2/h9H,3-8,10H2,1-2H3,(H,15,16). The molecular formula is C14H22N2O2S. The molecule has 19 heavy (non-hydrogen) atoms. The number of carbonyl (C=O) groups excluding carboxylic acids is 1. The van der Waals surface area contributed by atoms with Crippen molar-refractivity contribution < 1.29 is 9.53 Å². The maximum atomic E-state index is 11.1. The number of carbonyl (C=O) groups is 1. The van der Waals surface area contributed by atoms with Gasteiger partial charge in [0.2, 0.25) is 0 Å². The molecule has 0 bridgehead atoms. The normalized spacial score (nSPS) is 16.7. The van der Waals surface area contributed by atoms with Gasteiger partial charge in [-0.3, -0.25) is 4.79 Å². The molecule has 0 radical (unpaired) electrons. The predicted molar refractivity (Wildman–Crippen MR) is 77.5 cm³/mol. The van der Waals surface area contributed by atoms with Crippen LogP contribution >= 0.6 is 11.3 Å². The van der Waals surface area contributed by atoms with Crippen LogP contribution < -0.4 is 5.32 Å². The summed E-state index contributed by atoms with van der Waals surface area (Å²) in [6.45, 7) is 3.29. The van der Waals surface area contributed by atoms with E-state index in [1.165, 1.54) is 32.8 Å². The molecule has 2 rings (SSSR count). The van der Waals surface area contributed by atoms with Gasteiger partial charge in [0.05, 0.1) is 19.2 Å². The van der Waals surface area contributed by atoms with Crippen molar-refractivity contribution in [2.45, 2.75) is 45.4 Å². The number of nitrogens with one attached hydrogen (secondary N) is 1. The van der Waals surface area contributed by atoms with Gasteiger partial charge in [0, 0.05) is 18.3 Å². The van der Waals surface area contributed by atoms with Crippen molar-refractivity contribution in [3.8, 4) is 0 Å². The molecule has 0 saturated heterocycles. The summed E-state index contributed by atoms with van der Waals surface area (Å²) >= 11 is 1.62. The highest BCUT2D eigenvalue weighted by molar-refractivity contribution is 7.13. The third kappa shape index (κ3) is 3.69. The molecule has 1 aliphatic rings. The Hall–Kier alpha value is -1.10. The molecule has 0 atom stereocenters. The maximum Gasteiger partial charge on any atom is 0.305 e.